The van der Waals surface area contributed by atoms with E-state index < -0.39 is 0 Å². The van der Waals surface area contributed by atoms with Gasteiger partial charge >= 0.3 is 0 Å². The summed E-state index contributed by atoms with van der Waals surface area (Å²) in [5, 5.41) is 0. The molecule has 0 amide bonds. The molecule has 0 N–H and O–H groups in total. The SMILES string of the molecule is C\C=C(/C=C\C(=C/C)c1ccccn1)C(C)=O. The van der Waals surface area contributed by atoms with Gasteiger partial charge in [0.2, 0.25) is 0 Å². The lowest BCUT2D eigenvalue weighted by Crippen LogP contribution is -1.92. The van der Waals surface area contributed by atoms with Crippen molar-refractivity contribution in [3.05, 3.63) is 60.0 Å². The molecule has 0 aliphatic carbocycles. The zero-order valence-electron chi connectivity index (χ0n) is 10.5. The van der Waals surface area contributed by atoms with Crippen LogP contribution in [-0.2, 0) is 4.79 Å². The molecular weight excluding hydrogens is 210 g/mol. The van der Waals surface area contributed by atoms with E-state index in [9.17, 15) is 4.79 Å². The van der Waals surface area contributed by atoms with Crippen LogP contribution >= 0.6 is 0 Å². The van der Waals surface area contributed by atoms with Crippen LogP contribution in [0.4, 0.5) is 0 Å². The number of hydrogen-bond donors (Lipinski definition) is 0. The summed E-state index contributed by atoms with van der Waals surface area (Å²) in [4.78, 5) is 15.5. The summed E-state index contributed by atoms with van der Waals surface area (Å²) >= 11 is 0. The van der Waals surface area contributed by atoms with Gasteiger partial charge in [-0.25, -0.2) is 0 Å². The van der Waals surface area contributed by atoms with E-state index in [1.54, 1.807) is 13.1 Å². The lowest BCUT2D eigenvalue weighted by Gasteiger charge is -2.00. The van der Waals surface area contributed by atoms with Gasteiger partial charge in [-0.3, -0.25) is 9.78 Å². The van der Waals surface area contributed by atoms with Crippen LogP contribution in [0.2, 0.25) is 0 Å². The van der Waals surface area contributed by atoms with Crippen molar-refractivity contribution in [3.8, 4) is 0 Å². The number of allylic oxidation sites excluding steroid dienone is 6. The maximum absolute atomic E-state index is 11.3. The van der Waals surface area contributed by atoms with Crippen molar-refractivity contribution in [1.29, 1.82) is 0 Å². The Morgan fingerprint density at radius 1 is 1.18 bits per heavy atom. The van der Waals surface area contributed by atoms with Crippen molar-refractivity contribution in [3.63, 3.8) is 0 Å². The van der Waals surface area contributed by atoms with Crippen LogP contribution in [0.5, 0.6) is 0 Å². The summed E-state index contributed by atoms with van der Waals surface area (Å²) in [5.41, 5.74) is 2.62. The Hall–Kier alpha value is -1.96. The van der Waals surface area contributed by atoms with E-state index in [-0.39, 0.29) is 5.78 Å². The molecule has 0 saturated carbocycles. The van der Waals surface area contributed by atoms with Crippen LogP contribution in [-0.4, -0.2) is 10.8 Å². The van der Waals surface area contributed by atoms with Crippen molar-refractivity contribution in [2.24, 2.45) is 0 Å². The first-order valence-corrected chi connectivity index (χ1v) is 5.62. The Morgan fingerprint density at radius 2 is 1.94 bits per heavy atom. The molecule has 1 aromatic heterocycles. The fourth-order valence-corrected chi connectivity index (χ4v) is 1.46. The number of Topliss-reactive ketones (excluding diaryl/α,β-unsaturated/α-hetero) is 1. The van der Waals surface area contributed by atoms with Gasteiger partial charge in [0.1, 0.15) is 0 Å². The van der Waals surface area contributed by atoms with Gasteiger partial charge in [0.05, 0.1) is 5.69 Å². The molecular formula is C15H17NO. The second kappa shape index (κ2) is 6.59. The first-order chi connectivity index (χ1) is 8.19. The minimum absolute atomic E-state index is 0.0697. The van der Waals surface area contributed by atoms with Crippen LogP contribution in [0.3, 0.4) is 0 Å². The standard InChI is InChI=1S/C15H17NO/c1-4-13(12(3)17)9-10-14(5-2)15-8-6-7-11-16-15/h4-11H,1-3H3/b10-9-,13-4+,14-5+. The zero-order chi connectivity index (χ0) is 12.7. The van der Waals surface area contributed by atoms with E-state index in [1.807, 2.05) is 56.4 Å². The number of aromatic nitrogens is 1. The third-order valence-electron chi connectivity index (χ3n) is 2.43. The first kappa shape index (κ1) is 13.1. The minimum Gasteiger partial charge on any atom is -0.295 e. The molecule has 0 aliphatic rings. The monoisotopic (exact) mass is 227 g/mol. The predicted molar refractivity (Wildman–Crippen MR) is 71.5 cm³/mol. The molecule has 88 valence electrons. The Kier molecular flexibility index (Phi) is 5.08. The summed E-state index contributed by atoms with van der Waals surface area (Å²) in [6, 6.07) is 5.78. The minimum atomic E-state index is 0.0697. The number of rotatable bonds is 4. The first-order valence-electron chi connectivity index (χ1n) is 5.62. The normalized spacial score (nSPS) is 13.1. The van der Waals surface area contributed by atoms with Gasteiger partial charge in [-0.05, 0) is 38.5 Å². The molecule has 0 atom stereocenters. The van der Waals surface area contributed by atoms with E-state index >= 15 is 0 Å². The van der Waals surface area contributed by atoms with Crippen LogP contribution < -0.4 is 0 Å². The molecule has 0 aromatic carbocycles. The average Bonchev–Trinajstić information content (AvgIpc) is 2.35. The second-order valence-electron chi connectivity index (χ2n) is 3.59. The quantitative estimate of drug-likeness (QED) is 0.581. The number of nitrogens with zero attached hydrogens (tertiary/aromatic N) is 1. The summed E-state index contributed by atoms with van der Waals surface area (Å²) in [7, 11) is 0. The molecule has 0 aliphatic heterocycles. The molecule has 1 aromatic rings. The molecule has 2 nitrogen and oxygen atoms in total. The van der Waals surface area contributed by atoms with Crippen molar-refractivity contribution in [2.45, 2.75) is 20.8 Å². The topological polar surface area (TPSA) is 30.0 Å². The van der Waals surface area contributed by atoms with Gasteiger partial charge in [-0.15, -0.1) is 0 Å². The number of ketones is 1. The number of carbonyl (C=O) groups excluding carboxylic acids is 1. The van der Waals surface area contributed by atoms with Crippen LogP contribution in [0.15, 0.2) is 54.3 Å². The van der Waals surface area contributed by atoms with Crippen molar-refractivity contribution in [1.82, 2.24) is 4.98 Å². The van der Waals surface area contributed by atoms with E-state index in [1.165, 1.54) is 0 Å². The Labute approximate surface area is 102 Å². The molecule has 2 heteroatoms. The highest BCUT2D eigenvalue weighted by atomic mass is 16.1. The third kappa shape index (κ3) is 3.83. The molecule has 0 unspecified atom stereocenters. The van der Waals surface area contributed by atoms with Gasteiger partial charge in [-0.2, -0.15) is 0 Å². The van der Waals surface area contributed by atoms with Gasteiger partial charge < -0.3 is 0 Å². The molecule has 1 rings (SSSR count). The summed E-state index contributed by atoms with van der Waals surface area (Å²) in [6.07, 6.45) is 9.29. The van der Waals surface area contributed by atoms with Gasteiger partial charge in [0.15, 0.2) is 5.78 Å². The van der Waals surface area contributed by atoms with Gasteiger partial charge in [-0.1, -0.05) is 30.4 Å². The molecule has 0 spiro atoms. The Balaban J connectivity index is 2.93. The number of hydrogen-bond acceptors (Lipinski definition) is 2. The molecule has 17 heavy (non-hydrogen) atoms. The fraction of sp³-hybridized carbons (Fsp3) is 0.200. The lowest BCUT2D eigenvalue weighted by molar-refractivity contribution is -0.113. The molecule has 0 saturated heterocycles. The maximum Gasteiger partial charge on any atom is 0.159 e. The summed E-state index contributed by atoms with van der Waals surface area (Å²) < 4.78 is 0. The van der Waals surface area contributed by atoms with E-state index in [0.717, 1.165) is 11.3 Å². The predicted octanol–water partition coefficient (Wildman–Crippen LogP) is 3.58. The maximum atomic E-state index is 11.3. The highest BCUT2D eigenvalue weighted by molar-refractivity contribution is 5.96. The lowest BCUT2D eigenvalue weighted by atomic mass is 10.1. The van der Waals surface area contributed by atoms with E-state index in [4.69, 9.17) is 0 Å². The van der Waals surface area contributed by atoms with E-state index in [0.29, 0.717) is 5.57 Å². The number of carbonyl (C=O) groups is 1. The Bertz CT molecular complexity index is 467. The van der Waals surface area contributed by atoms with Crippen LogP contribution in [0.1, 0.15) is 26.5 Å². The third-order valence-corrected chi connectivity index (χ3v) is 2.43. The van der Waals surface area contributed by atoms with Gasteiger partial charge in [0, 0.05) is 11.8 Å². The summed E-state index contributed by atoms with van der Waals surface area (Å²) in [6.45, 7) is 5.38. The Morgan fingerprint density at radius 3 is 2.41 bits per heavy atom. The van der Waals surface area contributed by atoms with E-state index in [2.05, 4.69) is 4.98 Å². The van der Waals surface area contributed by atoms with Crippen molar-refractivity contribution in [2.75, 3.05) is 0 Å². The number of pyridine rings is 1. The zero-order valence-corrected chi connectivity index (χ0v) is 10.5. The average molecular weight is 227 g/mol. The highest BCUT2D eigenvalue weighted by Crippen LogP contribution is 2.13. The smallest absolute Gasteiger partial charge is 0.159 e. The molecule has 0 bridgehead atoms. The van der Waals surface area contributed by atoms with Crippen molar-refractivity contribution < 1.29 is 4.79 Å². The second-order valence-corrected chi connectivity index (χ2v) is 3.59. The highest BCUT2D eigenvalue weighted by Gasteiger charge is 1.99. The summed E-state index contributed by atoms with van der Waals surface area (Å²) in [5.74, 6) is 0.0697. The molecule has 1 heterocycles. The van der Waals surface area contributed by atoms with Crippen molar-refractivity contribution >= 4 is 11.4 Å². The molecule has 0 fully saturated rings. The van der Waals surface area contributed by atoms with Crippen LogP contribution in [0, 0.1) is 0 Å². The van der Waals surface area contributed by atoms with Crippen LogP contribution in [0.25, 0.3) is 5.57 Å². The fourth-order valence-electron chi connectivity index (χ4n) is 1.46. The molecule has 0 radical (unpaired) electrons. The largest absolute Gasteiger partial charge is 0.295 e. The van der Waals surface area contributed by atoms with Gasteiger partial charge in [0.25, 0.3) is 0 Å².